The molecule has 2 aromatic heterocycles. The van der Waals surface area contributed by atoms with E-state index in [1.165, 1.54) is 0 Å². The molecule has 0 bridgehead atoms. The Morgan fingerprint density at radius 2 is 1.89 bits per heavy atom. The van der Waals surface area contributed by atoms with E-state index in [0.29, 0.717) is 22.7 Å². The van der Waals surface area contributed by atoms with Crippen LogP contribution in [0, 0.1) is 0 Å². The number of nitrogens with one attached hydrogen (secondary N) is 1. The lowest BCUT2D eigenvalue weighted by atomic mass is 10.1. The van der Waals surface area contributed by atoms with E-state index in [4.69, 9.17) is 14.5 Å². The number of ether oxygens (including phenoxy) is 2. The van der Waals surface area contributed by atoms with Gasteiger partial charge in [0.25, 0.3) is 5.91 Å². The van der Waals surface area contributed by atoms with Gasteiger partial charge in [0, 0.05) is 17.1 Å². The maximum Gasteiger partial charge on any atom is 0.256 e. The number of hydrogen-bond acceptors (Lipinski definition) is 5. The number of fused-ring (bicyclic) bond motifs is 2. The number of thiophene rings is 1. The molecule has 27 heavy (non-hydrogen) atoms. The Bertz CT molecular complexity index is 1160. The first-order valence-corrected chi connectivity index (χ1v) is 9.30. The molecule has 5 nitrogen and oxygen atoms in total. The number of pyridine rings is 1. The SMILES string of the molecule is O=C(Nc1ccc2c(c1)OCO2)c1cc(-c2cccs2)nc2ccccc12. The Labute approximate surface area is 159 Å². The summed E-state index contributed by atoms with van der Waals surface area (Å²) < 4.78 is 10.7. The van der Waals surface area contributed by atoms with E-state index in [9.17, 15) is 4.79 Å². The van der Waals surface area contributed by atoms with Crippen LogP contribution in [0.5, 0.6) is 11.5 Å². The molecular formula is C21H14N2O3S. The summed E-state index contributed by atoms with van der Waals surface area (Å²) in [6, 6.07) is 18.8. The molecule has 6 heteroatoms. The van der Waals surface area contributed by atoms with Gasteiger partial charge < -0.3 is 14.8 Å². The zero-order valence-electron chi connectivity index (χ0n) is 14.1. The monoisotopic (exact) mass is 374 g/mol. The van der Waals surface area contributed by atoms with Gasteiger partial charge in [0.2, 0.25) is 6.79 Å². The zero-order valence-corrected chi connectivity index (χ0v) is 15.0. The van der Waals surface area contributed by atoms with E-state index >= 15 is 0 Å². The molecule has 0 unspecified atom stereocenters. The fourth-order valence-electron chi connectivity index (χ4n) is 3.09. The summed E-state index contributed by atoms with van der Waals surface area (Å²) >= 11 is 1.60. The first-order valence-electron chi connectivity index (χ1n) is 8.42. The van der Waals surface area contributed by atoms with Crippen molar-refractivity contribution in [1.29, 1.82) is 0 Å². The van der Waals surface area contributed by atoms with Crippen LogP contribution in [0.15, 0.2) is 66.0 Å². The van der Waals surface area contributed by atoms with Gasteiger partial charge in [-0.05, 0) is 35.7 Å². The first-order chi connectivity index (χ1) is 13.3. The molecule has 4 aromatic rings. The normalized spacial score (nSPS) is 12.3. The van der Waals surface area contributed by atoms with Gasteiger partial charge in [-0.3, -0.25) is 4.79 Å². The Balaban J connectivity index is 1.56. The third-order valence-corrected chi connectivity index (χ3v) is 5.26. The fourth-order valence-corrected chi connectivity index (χ4v) is 3.77. The number of carbonyl (C=O) groups excluding carboxylic acids is 1. The molecule has 1 N–H and O–H groups in total. The van der Waals surface area contributed by atoms with Crippen LogP contribution >= 0.6 is 11.3 Å². The molecule has 0 saturated carbocycles. The number of amides is 1. The van der Waals surface area contributed by atoms with Crippen molar-refractivity contribution in [1.82, 2.24) is 4.98 Å². The Morgan fingerprint density at radius 3 is 2.78 bits per heavy atom. The standard InChI is InChI=1S/C21H14N2O3S/c24-21(22-13-7-8-18-19(10-13)26-12-25-18)15-11-17(20-6-3-9-27-20)23-16-5-2-1-4-14(15)16/h1-11H,12H2,(H,22,24). The third kappa shape index (κ3) is 2.90. The number of benzene rings is 2. The van der Waals surface area contributed by atoms with Crippen molar-refractivity contribution in [3.63, 3.8) is 0 Å². The summed E-state index contributed by atoms with van der Waals surface area (Å²) in [5.74, 6) is 1.12. The minimum absolute atomic E-state index is 0.190. The number of carbonyl (C=O) groups is 1. The molecule has 1 amide bonds. The van der Waals surface area contributed by atoms with Crippen molar-refractivity contribution in [2.24, 2.45) is 0 Å². The molecule has 5 rings (SSSR count). The Hall–Kier alpha value is -3.38. The summed E-state index contributed by atoms with van der Waals surface area (Å²) in [5.41, 5.74) is 2.82. The van der Waals surface area contributed by atoms with Crippen LogP contribution in [-0.4, -0.2) is 17.7 Å². The maximum absolute atomic E-state index is 13.0. The van der Waals surface area contributed by atoms with Crippen molar-refractivity contribution in [2.45, 2.75) is 0 Å². The van der Waals surface area contributed by atoms with Gasteiger partial charge in [0.1, 0.15) is 0 Å². The van der Waals surface area contributed by atoms with Crippen LogP contribution in [-0.2, 0) is 0 Å². The van der Waals surface area contributed by atoms with Crippen LogP contribution in [0.25, 0.3) is 21.5 Å². The third-order valence-electron chi connectivity index (χ3n) is 4.36. The van der Waals surface area contributed by atoms with E-state index < -0.39 is 0 Å². The second-order valence-corrected chi connectivity index (χ2v) is 7.02. The minimum Gasteiger partial charge on any atom is -0.454 e. The van der Waals surface area contributed by atoms with Crippen molar-refractivity contribution in [2.75, 3.05) is 12.1 Å². The second-order valence-electron chi connectivity index (χ2n) is 6.07. The predicted molar refractivity (Wildman–Crippen MR) is 106 cm³/mol. The summed E-state index contributed by atoms with van der Waals surface area (Å²) in [5, 5.41) is 5.77. The summed E-state index contributed by atoms with van der Waals surface area (Å²) in [7, 11) is 0. The molecule has 0 spiro atoms. The average Bonchev–Trinajstić information content (AvgIpc) is 3.38. The minimum atomic E-state index is -0.190. The van der Waals surface area contributed by atoms with Gasteiger partial charge in [-0.15, -0.1) is 11.3 Å². The highest BCUT2D eigenvalue weighted by atomic mass is 32.1. The number of anilines is 1. The van der Waals surface area contributed by atoms with E-state index in [-0.39, 0.29) is 12.7 Å². The Morgan fingerprint density at radius 1 is 1.00 bits per heavy atom. The number of rotatable bonds is 3. The fraction of sp³-hybridized carbons (Fsp3) is 0.0476. The lowest BCUT2D eigenvalue weighted by molar-refractivity contribution is 0.102. The summed E-state index contributed by atoms with van der Waals surface area (Å²) in [6.07, 6.45) is 0. The molecule has 0 radical (unpaired) electrons. The second kappa shape index (κ2) is 6.41. The molecule has 0 aliphatic carbocycles. The first kappa shape index (κ1) is 15.8. The summed E-state index contributed by atoms with van der Waals surface area (Å²) in [4.78, 5) is 18.8. The number of nitrogens with zero attached hydrogens (tertiary/aromatic N) is 1. The van der Waals surface area contributed by atoms with Gasteiger partial charge in [-0.2, -0.15) is 0 Å². The van der Waals surface area contributed by atoms with Gasteiger partial charge in [0.15, 0.2) is 11.5 Å². The van der Waals surface area contributed by atoms with Crippen LogP contribution in [0.2, 0.25) is 0 Å². The van der Waals surface area contributed by atoms with Crippen LogP contribution in [0.4, 0.5) is 5.69 Å². The van der Waals surface area contributed by atoms with E-state index in [2.05, 4.69) is 5.32 Å². The number of aromatic nitrogens is 1. The molecule has 132 valence electrons. The molecule has 3 heterocycles. The number of para-hydroxylation sites is 1. The highest BCUT2D eigenvalue weighted by molar-refractivity contribution is 7.13. The van der Waals surface area contributed by atoms with Crippen molar-refractivity contribution in [3.05, 3.63) is 71.6 Å². The molecular weight excluding hydrogens is 360 g/mol. The van der Waals surface area contributed by atoms with E-state index in [1.807, 2.05) is 47.8 Å². The highest BCUT2D eigenvalue weighted by Gasteiger charge is 2.17. The molecule has 0 atom stereocenters. The zero-order chi connectivity index (χ0) is 18.2. The molecule has 1 aliphatic rings. The van der Waals surface area contributed by atoms with Gasteiger partial charge in [-0.25, -0.2) is 4.98 Å². The lowest BCUT2D eigenvalue weighted by Gasteiger charge is -2.10. The number of hydrogen-bond donors (Lipinski definition) is 1. The highest BCUT2D eigenvalue weighted by Crippen LogP contribution is 2.34. The van der Waals surface area contributed by atoms with Crippen molar-refractivity contribution < 1.29 is 14.3 Å². The topological polar surface area (TPSA) is 60.5 Å². The largest absolute Gasteiger partial charge is 0.454 e. The quantitative estimate of drug-likeness (QED) is 0.551. The van der Waals surface area contributed by atoms with Gasteiger partial charge in [-0.1, -0.05) is 24.3 Å². The molecule has 2 aromatic carbocycles. The van der Waals surface area contributed by atoms with Crippen LogP contribution in [0.1, 0.15) is 10.4 Å². The summed E-state index contributed by atoms with van der Waals surface area (Å²) in [6.45, 7) is 0.200. The Kier molecular flexibility index (Phi) is 3.76. The smallest absolute Gasteiger partial charge is 0.256 e. The van der Waals surface area contributed by atoms with Crippen LogP contribution in [0.3, 0.4) is 0 Å². The lowest BCUT2D eigenvalue weighted by Crippen LogP contribution is -2.13. The molecule has 1 aliphatic heterocycles. The predicted octanol–water partition coefficient (Wildman–Crippen LogP) is 4.94. The van der Waals surface area contributed by atoms with Crippen LogP contribution < -0.4 is 14.8 Å². The van der Waals surface area contributed by atoms with Gasteiger partial charge >= 0.3 is 0 Å². The maximum atomic E-state index is 13.0. The van der Waals surface area contributed by atoms with E-state index in [1.54, 1.807) is 29.5 Å². The molecule has 0 fully saturated rings. The van der Waals surface area contributed by atoms with Gasteiger partial charge in [0.05, 0.1) is 21.7 Å². The van der Waals surface area contributed by atoms with Crippen molar-refractivity contribution in [3.8, 4) is 22.1 Å². The average molecular weight is 374 g/mol. The van der Waals surface area contributed by atoms with Crippen molar-refractivity contribution >= 4 is 33.8 Å². The van der Waals surface area contributed by atoms with E-state index in [0.717, 1.165) is 21.5 Å². The molecule has 0 saturated heterocycles.